The molecule has 1 aromatic rings. The molecule has 3 saturated heterocycles. The summed E-state index contributed by atoms with van der Waals surface area (Å²) in [4.78, 5) is 19.7. The van der Waals surface area contributed by atoms with Crippen LogP contribution in [0.4, 0.5) is 0 Å². The van der Waals surface area contributed by atoms with Crippen molar-refractivity contribution in [2.24, 2.45) is 10.4 Å². The number of nitrogens with zero attached hydrogens (tertiary/aromatic N) is 2. The van der Waals surface area contributed by atoms with Crippen molar-refractivity contribution in [3.63, 3.8) is 0 Å². The molecule has 1 aromatic carbocycles. The number of benzene rings is 1. The minimum atomic E-state index is -0.0500. The van der Waals surface area contributed by atoms with Gasteiger partial charge in [0.05, 0.1) is 19.3 Å². The SMILES string of the molecule is CCNC(=NCc1cccc(C(=O)NCC2CCCO2)c1)N1CCC2(CCOC2)C1. The first-order valence-electron chi connectivity index (χ1n) is 11.3. The van der Waals surface area contributed by atoms with E-state index in [1.807, 2.05) is 24.3 Å². The van der Waals surface area contributed by atoms with Gasteiger partial charge in [0.2, 0.25) is 0 Å². The predicted octanol–water partition coefficient (Wildman–Crippen LogP) is 2.17. The van der Waals surface area contributed by atoms with Crippen LogP contribution >= 0.6 is 0 Å². The number of rotatable bonds is 6. The summed E-state index contributed by atoms with van der Waals surface area (Å²) in [6, 6.07) is 7.75. The van der Waals surface area contributed by atoms with E-state index in [0.717, 1.165) is 76.7 Å². The van der Waals surface area contributed by atoms with E-state index in [2.05, 4.69) is 22.5 Å². The van der Waals surface area contributed by atoms with E-state index < -0.39 is 0 Å². The number of carbonyl (C=O) groups is 1. The molecule has 7 heteroatoms. The molecule has 0 bridgehead atoms. The van der Waals surface area contributed by atoms with Crippen molar-refractivity contribution in [1.29, 1.82) is 0 Å². The van der Waals surface area contributed by atoms with Gasteiger partial charge in [-0.2, -0.15) is 0 Å². The Balaban J connectivity index is 1.36. The van der Waals surface area contributed by atoms with Gasteiger partial charge in [-0.15, -0.1) is 0 Å². The first kappa shape index (κ1) is 21.1. The Labute approximate surface area is 179 Å². The van der Waals surface area contributed by atoms with Gasteiger partial charge in [-0.25, -0.2) is 4.99 Å². The lowest BCUT2D eigenvalue weighted by Crippen LogP contribution is -2.41. The first-order chi connectivity index (χ1) is 14.7. The number of carbonyl (C=O) groups excluding carboxylic acids is 1. The van der Waals surface area contributed by atoms with Crippen LogP contribution in [0, 0.1) is 5.41 Å². The maximum Gasteiger partial charge on any atom is 0.251 e. The topological polar surface area (TPSA) is 75.2 Å². The molecule has 3 aliphatic heterocycles. The molecular weight excluding hydrogens is 380 g/mol. The van der Waals surface area contributed by atoms with Crippen molar-refractivity contribution in [1.82, 2.24) is 15.5 Å². The molecule has 2 unspecified atom stereocenters. The summed E-state index contributed by atoms with van der Waals surface area (Å²) < 4.78 is 11.2. The van der Waals surface area contributed by atoms with Gasteiger partial charge in [0, 0.05) is 50.4 Å². The average Bonchev–Trinajstić information content (AvgIpc) is 3.53. The highest BCUT2D eigenvalue weighted by Crippen LogP contribution is 2.38. The molecule has 0 radical (unpaired) electrons. The second-order valence-electron chi connectivity index (χ2n) is 8.69. The van der Waals surface area contributed by atoms with Crippen molar-refractivity contribution < 1.29 is 14.3 Å². The minimum absolute atomic E-state index is 0.0500. The van der Waals surface area contributed by atoms with Gasteiger partial charge in [0.25, 0.3) is 5.91 Å². The molecule has 3 aliphatic rings. The van der Waals surface area contributed by atoms with Crippen LogP contribution in [0.2, 0.25) is 0 Å². The third-order valence-electron chi connectivity index (χ3n) is 6.37. The molecule has 2 atom stereocenters. The van der Waals surface area contributed by atoms with Gasteiger partial charge in [-0.1, -0.05) is 12.1 Å². The van der Waals surface area contributed by atoms with E-state index in [1.165, 1.54) is 0 Å². The fourth-order valence-corrected chi connectivity index (χ4v) is 4.60. The zero-order valence-electron chi connectivity index (χ0n) is 18.0. The molecule has 0 aromatic heterocycles. The molecule has 2 N–H and O–H groups in total. The maximum atomic E-state index is 12.5. The highest BCUT2D eigenvalue weighted by atomic mass is 16.5. The molecule has 1 amide bonds. The van der Waals surface area contributed by atoms with Gasteiger partial charge in [-0.05, 0) is 50.3 Å². The summed E-state index contributed by atoms with van der Waals surface area (Å²) in [5, 5.41) is 6.43. The third kappa shape index (κ3) is 5.13. The highest BCUT2D eigenvalue weighted by molar-refractivity contribution is 5.94. The molecule has 7 nitrogen and oxygen atoms in total. The van der Waals surface area contributed by atoms with Gasteiger partial charge in [0.1, 0.15) is 0 Å². The lowest BCUT2D eigenvalue weighted by molar-refractivity contribution is 0.0857. The molecular formula is C23H34N4O3. The normalized spacial score (nSPS) is 26.5. The number of ether oxygens (including phenoxy) is 2. The lowest BCUT2D eigenvalue weighted by Gasteiger charge is -2.25. The molecule has 3 heterocycles. The molecule has 0 saturated carbocycles. The highest BCUT2D eigenvalue weighted by Gasteiger charge is 2.42. The van der Waals surface area contributed by atoms with Crippen molar-refractivity contribution in [3.8, 4) is 0 Å². The number of amides is 1. The quantitative estimate of drug-likeness (QED) is 0.551. The third-order valence-corrected chi connectivity index (χ3v) is 6.37. The second kappa shape index (κ2) is 9.79. The number of aliphatic imine (C=N–C) groups is 1. The zero-order valence-corrected chi connectivity index (χ0v) is 18.0. The van der Waals surface area contributed by atoms with Crippen LogP contribution in [0.15, 0.2) is 29.3 Å². The van der Waals surface area contributed by atoms with E-state index in [-0.39, 0.29) is 12.0 Å². The van der Waals surface area contributed by atoms with Crippen molar-refractivity contribution in [2.45, 2.75) is 45.3 Å². The first-order valence-corrected chi connectivity index (χ1v) is 11.3. The summed E-state index contributed by atoms with van der Waals surface area (Å²) in [6.45, 7) is 8.62. The van der Waals surface area contributed by atoms with Gasteiger partial charge in [0.15, 0.2) is 5.96 Å². The smallest absolute Gasteiger partial charge is 0.251 e. The Kier molecular flexibility index (Phi) is 6.89. The zero-order chi connectivity index (χ0) is 20.8. The van der Waals surface area contributed by atoms with E-state index in [9.17, 15) is 4.79 Å². The molecule has 164 valence electrons. The van der Waals surface area contributed by atoms with Crippen LogP contribution in [0.5, 0.6) is 0 Å². The van der Waals surface area contributed by atoms with Crippen LogP contribution in [0.1, 0.15) is 48.5 Å². The summed E-state index contributed by atoms with van der Waals surface area (Å²) >= 11 is 0. The van der Waals surface area contributed by atoms with Crippen LogP contribution in [0.25, 0.3) is 0 Å². The van der Waals surface area contributed by atoms with Crippen molar-refractivity contribution >= 4 is 11.9 Å². The van der Waals surface area contributed by atoms with E-state index in [4.69, 9.17) is 14.5 Å². The van der Waals surface area contributed by atoms with Gasteiger partial charge >= 0.3 is 0 Å². The Bertz CT molecular complexity index is 755. The Hall–Kier alpha value is -2.12. The molecule has 3 fully saturated rings. The summed E-state index contributed by atoms with van der Waals surface area (Å²) in [6.07, 6.45) is 4.56. The maximum absolute atomic E-state index is 12.5. The Morgan fingerprint density at radius 1 is 1.30 bits per heavy atom. The molecule has 1 spiro atoms. The minimum Gasteiger partial charge on any atom is -0.381 e. The van der Waals surface area contributed by atoms with Crippen LogP contribution in [0.3, 0.4) is 0 Å². The van der Waals surface area contributed by atoms with Crippen LogP contribution < -0.4 is 10.6 Å². The number of nitrogens with one attached hydrogen (secondary N) is 2. The number of hydrogen-bond acceptors (Lipinski definition) is 4. The molecule has 0 aliphatic carbocycles. The molecule has 30 heavy (non-hydrogen) atoms. The number of guanidine groups is 1. The van der Waals surface area contributed by atoms with Gasteiger partial charge in [-0.3, -0.25) is 4.79 Å². The van der Waals surface area contributed by atoms with E-state index in [0.29, 0.717) is 24.1 Å². The van der Waals surface area contributed by atoms with Gasteiger partial charge < -0.3 is 25.0 Å². The van der Waals surface area contributed by atoms with Crippen molar-refractivity contribution in [3.05, 3.63) is 35.4 Å². The fourth-order valence-electron chi connectivity index (χ4n) is 4.60. The standard InChI is InChI=1S/C23H34N4O3/c1-2-24-22(27-10-8-23(16-27)9-12-29-17-23)26-14-18-5-3-6-19(13-18)21(28)25-15-20-7-4-11-30-20/h3,5-6,13,20H,2,4,7-12,14-17H2,1H3,(H,24,26)(H,25,28). The summed E-state index contributed by atoms with van der Waals surface area (Å²) in [7, 11) is 0. The van der Waals surface area contributed by atoms with E-state index >= 15 is 0 Å². The Morgan fingerprint density at radius 2 is 2.23 bits per heavy atom. The predicted molar refractivity (Wildman–Crippen MR) is 117 cm³/mol. The Morgan fingerprint density at radius 3 is 3.00 bits per heavy atom. The monoisotopic (exact) mass is 414 g/mol. The fraction of sp³-hybridized carbons (Fsp3) is 0.652. The second-order valence-corrected chi connectivity index (χ2v) is 8.69. The molecule has 4 rings (SSSR count). The number of hydrogen-bond donors (Lipinski definition) is 2. The lowest BCUT2D eigenvalue weighted by atomic mass is 9.87. The van der Waals surface area contributed by atoms with Crippen LogP contribution in [-0.4, -0.2) is 68.9 Å². The number of likely N-dealkylation sites (tertiary alicyclic amines) is 1. The average molecular weight is 415 g/mol. The van der Waals surface area contributed by atoms with Crippen LogP contribution in [-0.2, 0) is 16.0 Å². The van der Waals surface area contributed by atoms with Crippen molar-refractivity contribution in [2.75, 3.05) is 46.0 Å². The largest absolute Gasteiger partial charge is 0.381 e. The van der Waals surface area contributed by atoms with E-state index in [1.54, 1.807) is 0 Å². The summed E-state index contributed by atoms with van der Waals surface area (Å²) in [5.74, 6) is 0.903. The summed E-state index contributed by atoms with van der Waals surface area (Å²) in [5.41, 5.74) is 2.01.